The third-order valence-corrected chi connectivity index (χ3v) is 4.78. The number of aliphatic carboxylic acids is 1. The third-order valence-electron chi connectivity index (χ3n) is 4.26. The molecule has 120 valence electrons. The molecule has 4 heterocycles. The van der Waals surface area contributed by atoms with E-state index in [1.54, 1.807) is 6.20 Å². The fraction of sp³-hybridized carbons (Fsp3) is 0.400. The molecule has 0 saturated carbocycles. The van der Waals surface area contributed by atoms with Gasteiger partial charge in [0.2, 0.25) is 0 Å². The highest BCUT2D eigenvalue weighted by Gasteiger charge is 2.32. The van der Waals surface area contributed by atoms with Crippen molar-refractivity contribution in [2.45, 2.75) is 25.4 Å². The standard InChI is InChI=1S/C15H15IN4O3/c16-12-8-19-4-5-23-11-6-13(17-7-9(11)14(19)18-12)20-3-1-2-10(20)15(21)22/h6-8,10H,1-5H2,(H,21,22)/t10-/m0/s1. The number of rotatable bonds is 2. The summed E-state index contributed by atoms with van der Waals surface area (Å²) in [6.07, 6.45) is 5.24. The maximum Gasteiger partial charge on any atom is 0.326 e. The summed E-state index contributed by atoms with van der Waals surface area (Å²) in [6, 6.07) is 1.34. The van der Waals surface area contributed by atoms with Gasteiger partial charge in [-0.15, -0.1) is 0 Å². The van der Waals surface area contributed by atoms with E-state index in [1.807, 2.05) is 17.2 Å². The molecule has 1 N–H and O–H groups in total. The van der Waals surface area contributed by atoms with Crippen LogP contribution in [0.25, 0.3) is 11.4 Å². The molecule has 23 heavy (non-hydrogen) atoms. The van der Waals surface area contributed by atoms with E-state index in [-0.39, 0.29) is 0 Å². The van der Waals surface area contributed by atoms with Crippen LogP contribution in [0.4, 0.5) is 5.82 Å². The number of hydrogen-bond donors (Lipinski definition) is 1. The van der Waals surface area contributed by atoms with Crippen LogP contribution >= 0.6 is 22.6 Å². The minimum atomic E-state index is -0.801. The smallest absolute Gasteiger partial charge is 0.326 e. The lowest BCUT2D eigenvalue weighted by molar-refractivity contribution is -0.138. The predicted molar refractivity (Wildman–Crippen MR) is 91.7 cm³/mol. The second-order valence-electron chi connectivity index (χ2n) is 5.66. The molecule has 1 atom stereocenters. The van der Waals surface area contributed by atoms with Gasteiger partial charge in [0.1, 0.15) is 33.7 Å². The van der Waals surface area contributed by atoms with E-state index in [4.69, 9.17) is 4.74 Å². The molecule has 4 rings (SSSR count). The molecule has 8 heteroatoms. The zero-order valence-electron chi connectivity index (χ0n) is 12.3. The Hall–Kier alpha value is -1.84. The first-order valence-corrected chi connectivity index (χ1v) is 8.56. The van der Waals surface area contributed by atoms with Crippen LogP contribution in [0.2, 0.25) is 0 Å². The average Bonchev–Trinajstić information content (AvgIpc) is 3.11. The molecule has 0 aromatic carbocycles. The van der Waals surface area contributed by atoms with Gasteiger partial charge in [0.25, 0.3) is 0 Å². The fourth-order valence-corrected chi connectivity index (χ4v) is 3.76. The van der Waals surface area contributed by atoms with Gasteiger partial charge in [-0.3, -0.25) is 0 Å². The summed E-state index contributed by atoms with van der Waals surface area (Å²) in [6.45, 7) is 1.99. The number of fused-ring (bicyclic) bond motifs is 3. The zero-order valence-corrected chi connectivity index (χ0v) is 14.4. The van der Waals surface area contributed by atoms with Gasteiger partial charge in [-0.05, 0) is 35.4 Å². The van der Waals surface area contributed by atoms with E-state index in [0.29, 0.717) is 31.1 Å². The van der Waals surface area contributed by atoms with Crippen LogP contribution in [0.15, 0.2) is 18.5 Å². The van der Waals surface area contributed by atoms with E-state index < -0.39 is 12.0 Å². The molecule has 7 nitrogen and oxygen atoms in total. The Balaban J connectivity index is 1.75. The van der Waals surface area contributed by atoms with Gasteiger partial charge in [-0.25, -0.2) is 14.8 Å². The molecule has 0 spiro atoms. The van der Waals surface area contributed by atoms with E-state index >= 15 is 0 Å². The number of nitrogens with zero attached hydrogens (tertiary/aromatic N) is 4. The van der Waals surface area contributed by atoms with Gasteiger partial charge >= 0.3 is 5.97 Å². The summed E-state index contributed by atoms with van der Waals surface area (Å²) >= 11 is 2.19. The molecular weight excluding hydrogens is 411 g/mol. The summed E-state index contributed by atoms with van der Waals surface area (Å²) in [7, 11) is 0. The number of carboxylic acids is 1. The number of anilines is 1. The molecule has 1 fully saturated rings. The quantitative estimate of drug-likeness (QED) is 0.741. The van der Waals surface area contributed by atoms with Crippen molar-refractivity contribution in [1.29, 1.82) is 0 Å². The average molecular weight is 426 g/mol. The van der Waals surface area contributed by atoms with Crippen LogP contribution in [-0.2, 0) is 11.3 Å². The normalized spacial score (nSPS) is 19.7. The van der Waals surface area contributed by atoms with Crippen LogP contribution < -0.4 is 9.64 Å². The number of carboxylic acid groups (broad SMARTS) is 1. The van der Waals surface area contributed by atoms with Crippen LogP contribution in [0, 0.1) is 3.70 Å². The molecule has 1 saturated heterocycles. The van der Waals surface area contributed by atoms with E-state index in [0.717, 1.165) is 28.1 Å². The van der Waals surface area contributed by atoms with Crippen molar-refractivity contribution in [3.05, 3.63) is 22.2 Å². The number of imidazole rings is 1. The highest BCUT2D eigenvalue weighted by atomic mass is 127. The highest BCUT2D eigenvalue weighted by Crippen LogP contribution is 2.35. The van der Waals surface area contributed by atoms with Gasteiger partial charge < -0.3 is 19.3 Å². The molecule has 2 aromatic heterocycles. The lowest BCUT2D eigenvalue weighted by atomic mass is 10.2. The first kappa shape index (κ1) is 14.7. The minimum absolute atomic E-state index is 0.505. The summed E-state index contributed by atoms with van der Waals surface area (Å²) < 4.78 is 8.84. The van der Waals surface area contributed by atoms with Crippen molar-refractivity contribution in [3.63, 3.8) is 0 Å². The SMILES string of the molecule is O=C(O)[C@@H]1CCCN1c1cc2c(cn1)-c1nc(I)cn1CCO2. The molecule has 0 unspecified atom stereocenters. The maximum atomic E-state index is 11.4. The number of carbonyl (C=O) groups is 1. The molecule has 2 aliphatic rings. The van der Waals surface area contributed by atoms with Crippen molar-refractivity contribution in [2.75, 3.05) is 18.1 Å². The lowest BCUT2D eigenvalue weighted by Gasteiger charge is -2.23. The number of pyridine rings is 1. The van der Waals surface area contributed by atoms with Gasteiger partial charge in [0.15, 0.2) is 0 Å². The number of ether oxygens (including phenoxy) is 1. The van der Waals surface area contributed by atoms with Gasteiger partial charge in [0.05, 0.1) is 12.1 Å². The van der Waals surface area contributed by atoms with Crippen LogP contribution in [0.5, 0.6) is 5.75 Å². The highest BCUT2D eigenvalue weighted by molar-refractivity contribution is 14.1. The van der Waals surface area contributed by atoms with E-state index in [1.165, 1.54) is 0 Å². The minimum Gasteiger partial charge on any atom is -0.491 e. The number of halogens is 1. The Morgan fingerprint density at radius 3 is 3.13 bits per heavy atom. The zero-order chi connectivity index (χ0) is 16.0. The van der Waals surface area contributed by atoms with Crippen LogP contribution in [0.3, 0.4) is 0 Å². The van der Waals surface area contributed by atoms with Crippen molar-refractivity contribution in [2.24, 2.45) is 0 Å². The van der Waals surface area contributed by atoms with Gasteiger partial charge in [-0.2, -0.15) is 0 Å². The van der Waals surface area contributed by atoms with Crippen LogP contribution in [-0.4, -0.2) is 44.8 Å². The Labute approximate surface area is 146 Å². The molecule has 0 amide bonds. The topological polar surface area (TPSA) is 80.5 Å². The van der Waals surface area contributed by atoms with Crippen molar-refractivity contribution < 1.29 is 14.6 Å². The first-order valence-electron chi connectivity index (χ1n) is 7.49. The summed E-state index contributed by atoms with van der Waals surface area (Å²) in [5.41, 5.74) is 0.847. The molecule has 0 bridgehead atoms. The Morgan fingerprint density at radius 2 is 2.30 bits per heavy atom. The molecule has 2 aromatic rings. The largest absolute Gasteiger partial charge is 0.491 e. The Bertz CT molecular complexity index is 776. The Morgan fingerprint density at radius 1 is 1.43 bits per heavy atom. The first-order chi connectivity index (χ1) is 11.1. The number of hydrogen-bond acceptors (Lipinski definition) is 5. The van der Waals surface area contributed by atoms with E-state index in [9.17, 15) is 9.90 Å². The molecule has 0 aliphatic carbocycles. The van der Waals surface area contributed by atoms with Crippen molar-refractivity contribution in [3.8, 4) is 17.1 Å². The number of aromatic nitrogens is 3. The predicted octanol–water partition coefficient (Wildman–Crippen LogP) is 2.00. The van der Waals surface area contributed by atoms with E-state index in [2.05, 4.69) is 37.1 Å². The molecular formula is C15H15IN4O3. The summed E-state index contributed by atoms with van der Waals surface area (Å²) in [4.78, 5) is 22.2. The third kappa shape index (κ3) is 2.54. The van der Waals surface area contributed by atoms with Crippen LogP contribution in [0.1, 0.15) is 12.8 Å². The molecule has 2 aliphatic heterocycles. The maximum absolute atomic E-state index is 11.4. The lowest BCUT2D eigenvalue weighted by Crippen LogP contribution is -2.36. The Kier molecular flexibility index (Phi) is 3.63. The summed E-state index contributed by atoms with van der Waals surface area (Å²) in [5, 5.41) is 9.35. The second kappa shape index (κ2) is 5.66. The monoisotopic (exact) mass is 426 g/mol. The second-order valence-corrected chi connectivity index (χ2v) is 6.76. The molecule has 0 radical (unpaired) electrons. The summed E-state index contributed by atoms with van der Waals surface area (Å²) in [5.74, 6) is 1.41. The van der Waals surface area contributed by atoms with Crippen molar-refractivity contribution >= 4 is 34.4 Å². The van der Waals surface area contributed by atoms with Crippen molar-refractivity contribution in [1.82, 2.24) is 14.5 Å². The fourth-order valence-electron chi connectivity index (χ4n) is 3.19. The van der Waals surface area contributed by atoms with Gasteiger partial charge in [0, 0.05) is 25.0 Å². The van der Waals surface area contributed by atoms with Gasteiger partial charge in [-0.1, -0.05) is 0 Å².